The van der Waals surface area contributed by atoms with E-state index in [4.69, 9.17) is 4.74 Å². The first-order valence-electron chi connectivity index (χ1n) is 5.91. The number of nitrogens with one attached hydrogen (secondary N) is 1. The molecule has 2 saturated heterocycles. The van der Waals surface area contributed by atoms with Gasteiger partial charge in [0.15, 0.2) is 0 Å². The molecule has 0 bridgehead atoms. The van der Waals surface area contributed by atoms with Gasteiger partial charge in [-0.3, -0.25) is 10.1 Å². The first kappa shape index (κ1) is 10.9. The fourth-order valence-electron chi connectivity index (χ4n) is 2.34. The van der Waals surface area contributed by atoms with Crippen molar-refractivity contribution in [3.63, 3.8) is 0 Å². The molecule has 2 fully saturated rings. The topological polar surface area (TPSA) is 41.6 Å². The van der Waals surface area contributed by atoms with Crippen LogP contribution in [0.1, 0.15) is 26.2 Å². The third kappa shape index (κ3) is 2.49. The second-order valence-corrected chi connectivity index (χ2v) is 4.47. The van der Waals surface area contributed by atoms with Gasteiger partial charge in [-0.05, 0) is 19.3 Å². The van der Waals surface area contributed by atoms with Crippen molar-refractivity contribution in [2.24, 2.45) is 5.92 Å². The summed E-state index contributed by atoms with van der Waals surface area (Å²) in [4.78, 5) is 13.8. The fraction of sp³-hybridized carbons (Fsp3) is 0.909. The zero-order valence-corrected chi connectivity index (χ0v) is 9.37. The highest BCUT2D eigenvalue weighted by molar-refractivity contribution is 5.83. The van der Waals surface area contributed by atoms with E-state index in [0.29, 0.717) is 12.6 Å². The molecule has 4 nitrogen and oxygen atoms in total. The minimum absolute atomic E-state index is 0.0505. The van der Waals surface area contributed by atoms with Gasteiger partial charge in [0.2, 0.25) is 5.91 Å². The molecule has 1 amide bonds. The second kappa shape index (κ2) is 4.94. The Morgan fingerprint density at radius 1 is 1.60 bits per heavy atom. The molecule has 0 aliphatic carbocycles. The molecular formula is C11H20N2O2. The highest BCUT2D eigenvalue weighted by atomic mass is 16.5. The highest BCUT2D eigenvalue weighted by Crippen LogP contribution is 2.17. The van der Waals surface area contributed by atoms with E-state index >= 15 is 0 Å². The first-order valence-corrected chi connectivity index (χ1v) is 5.91. The van der Waals surface area contributed by atoms with Crippen LogP contribution in [0, 0.1) is 5.92 Å². The van der Waals surface area contributed by atoms with Crippen LogP contribution < -0.4 is 5.32 Å². The summed E-state index contributed by atoms with van der Waals surface area (Å²) in [6.07, 6.45) is 3.22. The normalized spacial score (nSPS) is 32.3. The Kier molecular flexibility index (Phi) is 3.59. The van der Waals surface area contributed by atoms with Crippen molar-refractivity contribution >= 4 is 5.91 Å². The number of carbonyl (C=O) groups is 1. The summed E-state index contributed by atoms with van der Waals surface area (Å²) in [6, 6.07) is 0.0505. The standard InChI is InChI=1S/C11H20N2O2/c1-2-10-11(14)13(8-12-10)6-9-4-3-5-15-7-9/h9-10,12H,2-8H2,1H3. The van der Waals surface area contributed by atoms with Crippen LogP contribution >= 0.6 is 0 Å². The van der Waals surface area contributed by atoms with Crippen molar-refractivity contribution in [2.75, 3.05) is 26.4 Å². The summed E-state index contributed by atoms with van der Waals surface area (Å²) in [5.41, 5.74) is 0. The average Bonchev–Trinajstić information content (AvgIpc) is 2.62. The summed E-state index contributed by atoms with van der Waals surface area (Å²) in [6.45, 7) is 5.33. The van der Waals surface area contributed by atoms with Crippen LogP contribution in [-0.4, -0.2) is 43.3 Å². The number of hydrogen-bond acceptors (Lipinski definition) is 3. The predicted octanol–water partition coefficient (Wildman–Crippen LogP) is 0.581. The average molecular weight is 212 g/mol. The molecule has 86 valence electrons. The maximum Gasteiger partial charge on any atom is 0.240 e. The van der Waals surface area contributed by atoms with Gasteiger partial charge in [0.1, 0.15) is 0 Å². The summed E-state index contributed by atoms with van der Waals surface area (Å²) >= 11 is 0. The maximum atomic E-state index is 11.8. The molecule has 2 aliphatic rings. The summed E-state index contributed by atoms with van der Waals surface area (Å²) in [7, 11) is 0. The number of hydrogen-bond donors (Lipinski definition) is 1. The third-order valence-electron chi connectivity index (χ3n) is 3.28. The summed E-state index contributed by atoms with van der Waals surface area (Å²) in [5, 5.41) is 3.23. The zero-order chi connectivity index (χ0) is 10.7. The number of amides is 1. The van der Waals surface area contributed by atoms with Gasteiger partial charge in [0.05, 0.1) is 19.3 Å². The van der Waals surface area contributed by atoms with Crippen molar-refractivity contribution < 1.29 is 9.53 Å². The van der Waals surface area contributed by atoms with Gasteiger partial charge in [0.25, 0.3) is 0 Å². The molecule has 2 atom stereocenters. The van der Waals surface area contributed by atoms with E-state index in [1.165, 1.54) is 6.42 Å². The number of carbonyl (C=O) groups excluding carboxylic acids is 1. The van der Waals surface area contributed by atoms with Crippen LogP contribution in [0.5, 0.6) is 0 Å². The van der Waals surface area contributed by atoms with Crippen molar-refractivity contribution in [1.29, 1.82) is 0 Å². The molecule has 2 aliphatic heterocycles. The van der Waals surface area contributed by atoms with E-state index in [1.807, 2.05) is 11.8 Å². The number of rotatable bonds is 3. The molecule has 0 radical (unpaired) electrons. The summed E-state index contributed by atoms with van der Waals surface area (Å²) in [5.74, 6) is 0.808. The molecule has 0 aromatic heterocycles. The van der Waals surface area contributed by atoms with Gasteiger partial charge in [-0.2, -0.15) is 0 Å². The first-order chi connectivity index (χ1) is 7.31. The molecule has 0 aromatic rings. The molecular weight excluding hydrogens is 192 g/mol. The van der Waals surface area contributed by atoms with Gasteiger partial charge in [-0.25, -0.2) is 0 Å². The molecule has 0 saturated carbocycles. The fourth-order valence-corrected chi connectivity index (χ4v) is 2.34. The third-order valence-corrected chi connectivity index (χ3v) is 3.28. The van der Waals surface area contributed by atoms with E-state index in [1.54, 1.807) is 0 Å². The minimum Gasteiger partial charge on any atom is -0.381 e. The second-order valence-electron chi connectivity index (χ2n) is 4.47. The lowest BCUT2D eigenvalue weighted by molar-refractivity contribution is -0.130. The van der Waals surface area contributed by atoms with Crippen molar-refractivity contribution in [1.82, 2.24) is 10.2 Å². The van der Waals surface area contributed by atoms with E-state index in [9.17, 15) is 4.79 Å². The van der Waals surface area contributed by atoms with Crippen molar-refractivity contribution in [3.8, 4) is 0 Å². The Morgan fingerprint density at radius 2 is 2.47 bits per heavy atom. The molecule has 0 spiro atoms. The Labute approximate surface area is 91.0 Å². The van der Waals surface area contributed by atoms with E-state index in [-0.39, 0.29) is 11.9 Å². The van der Waals surface area contributed by atoms with E-state index in [0.717, 1.165) is 32.6 Å². The number of ether oxygens (including phenoxy) is 1. The van der Waals surface area contributed by atoms with Crippen LogP contribution in [0.4, 0.5) is 0 Å². The molecule has 15 heavy (non-hydrogen) atoms. The summed E-state index contributed by atoms with van der Waals surface area (Å²) < 4.78 is 5.42. The minimum atomic E-state index is 0.0505. The van der Waals surface area contributed by atoms with E-state index < -0.39 is 0 Å². The lowest BCUT2D eigenvalue weighted by atomic mass is 10.0. The van der Waals surface area contributed by atoms with Crippen molar-refractivity contribution in [2.45, 2.75) is 32.2 Å². The van der Waals surface area contributed by atoms with Crippen molar-refractivity contribution in [3.05, 3.63) is 0 Å². The highest BCUT2D eigenvalue weighted by Gasteiger charge is 2.31. The quantitative estimate of drug-likeness (QED) is 0.744. The SMILES string of the molecule is CCC1NCN(CC2CCCOC2)C1=O. The number of nitrogens with zero attached hydrogens (tertiary/aromatic N) is 1. The Morgan fingerprint density at radius 3 is 3.07 bits per heavy atom. The van der Waals surface area contributed by atoms with Crippen LogP contribution in [0.2, 0.25) is 0 Å². The smallest absolute Gasteiger partial charge is 0.240 e. The van der Waals surface area contributed by atoms with Crippen LogP contribution in [0.15, 0.2) is 0 Å². The Bertz CT molecular complexity index is 227. The van der Waals surface area contributed by atoms with Gasteiger partial charge in [-0.1, -0.05) is 6.92 Å². The molecule has 1 N–H and O–H groups in total. The molecule has 2 heterocycles. The largest absolute Gasteiger partial charge is 0.381 e. The van der Waals surface area contributed by atoms with Crippen LogP contribution in [-0.2, 0) is 9.53 Å². The Balaban J connectivity index is 1.82. The van der Waals surface area contributed by atoms with Gasteiger partial charge in [-0.15, -0.1) is 0 Å². The molecule has 2 rings (SSSR count). The van der Waals surface area contributed by atoms with E-state index in [2.05, 4.69) is 5.32 Å². The van der Waals surface area contributed by atoms with Gasteiger partial charge in [0, 0.05) is 19.1 Å². The predicted molar refractivity (Wildman–Crippen MR) is 57.3 cm³/mol. The lowest BCUT2D eigenvalue weighted by Gasteiger charge is -2.26. The van der Waals surface area contributed by atoms with Gasteiger partial charge < -0.3 is 9.64 Å². The molecule has 0 aromatic carbocycles. The van der Waals surface area contributed by atoms with Crippen LogP contribution in [0.25, 0.3) is 0 Å². The zero-order valence-electron chi connectivity index (χ0n) is 9.37. The Hall–Kier alpha value is -0.610. The maximum absolute atomic E-state index is 11.8. The van der Waals surface area contributed by atoms with Gasteiger partial charge >= 0.3 is 0 Å². The molecule has 2 unspecified atom stereocenters. The monoisotopic (exact) mass is 212 g/mol. The van der Waals surface area contributed by atoms with Crippen LogP contribution in [0.3, 0.4) is 0 Å². The molecule has 4 heteroatoms. The lowest BCUT2D eigenvalue weighted by Crippen LogP contribution is -2.36.